The van der Waals surface area contributed by atoms with E-state index in [0.717, 1.165) is 5.75 Å². The molecule has 110 valence electrons. The Morgan fingerprint density at radius 2 is 1.52 bits per heavy atom. The molecule has 0 radical (unpaired) electrons. The van der Waals surface area contributed by atoms with E-state index in [2.05, 4.69) is 0 Å². The summed E-state index contributed by atoms with van der Waals surface area (Å²) in [6.45, 7) is 2.82. The maximum Gasteiger partial charge on any atom is 0.166 e. The molecule has 0 fully saturated rings. The maximum absolute atomic E-state index is 12.8. The van der Waals surface area contributed by atoms with E-state index >= 15 is 0 Å². The summed E-state index contributed by atoms with van der Waals surface area (Å²) >= 11 is 0. The van der Waals surface area contributed by atoms with Crippen molar-refractivity contribution >= 4 is 5.78 Å². The van der Waals surface area contributed by atoms with E-state index in [1.165, 1.54) is 24.3 Å². The fraction of sp³-hybridized carbons (Fsp3) is 0.235. The van der Waals surface area contributed by atoms with Gasteiger partial charge in [-0.3, -0.25) is 4.79 Å². The highest BCUT2D eigenvalue weighted by Crippen LogP contribution is 2.17. The highest BCUT2D eigenvalue weighted by Gasteiger charge is 2.06. The van der Waals surface area contributed by atoms with Crippen molar-refractivity contribution < 1.29 is 18.7 Å². The lowest BCUT2D eigenvalue weighted by Crippen LogP contribution is -2.06. The largest absolute Gasteiger partial charge is 0.494 e. The highest BCUT2D eigenvalue weighted by molar-refractivity contribution is 5.96. The lowest BCUT2D eigenvalue weighted by atomic mass is 10.1. The summed E-state index contributed by atoms with van der Waals surface area (Å²) in [5.41, 5.74) is 0.492. The van der Waals surface area contributed by atoms with Crippen molar-refractivity contribution in [3.8, 4) is 11.5 Å². The molecule has 2 aromatic rings. The van der Waals surface area contributed by atoms with Crippen LogP contribution in [-0.4, -0.2) is 19.0 Å². The monoisotopic (exact) mass is 288 g/mol. The van der Waals surface area contributed by atoms with Crippen LogP contribution in [0.2, 0.25) is 0 Å². The van der Waals surface area contributed by atoms with Gasteiger partial charge >= 0.3 is 0 Å². The number of carbonyl (C=O) groups is 1. The molecule has 0 bridgehead atoms. The molecular formula is C17H17FO3. The molecule has 0 aromatic heterocycles. The standard InChI is InChI=1S/C17H17FO3/c1-2-20-15-7-9-16(10-8-15)21-12-11-17(19)13-3-5-14(18)6-4-13/h3-10H,2,11-12H2,1H3. The average Bonchev–Trinajstić information content (AvgIpc) is 2.50. The Hall–Kier alpha value is -2.36. The first-order valence-corrected chi connectivity index (χ1v) is 6.83. The molecule has 2 rings (SSSR count). The fourth-order valence-corrected chi connectivity index (χ4v) is 1.84. The van der Waals surface area contributed by atoms with Crippen molar-refractivity contribution in [3.05, 3.63) is 59.9 Å². The maximum atomic E-state index is 12.8. The SMILES string of the molecule is CCOc1ccc(OCCC(=O)c2ccc(F)cc2)cc1. The van der Waals surface area contributed by atoms with Crippen molar-refractivity contribution in [2.45, 2.75) is 13.3 Å². The van der Waals surface area contributed by atoms with E-state index in [0.29, 0.717) is 17.9 Å². The van der Waals surface area contributed by atoms with Crippen LogP contribution in [0, 0.1) is 5.82 Å². The number of benzene rings is 2. The van der Waals surface area contributed by atoms with Crippen LogP contribution >= 0.6 is 0 Å². The second kappa shape index (κ2) is 7.43. The molecule has 0 aliphatic heterocycles. The quantitative estimate of drug-likeness (QED) is 0.725. The van der Waals surface area contributed by atoms with Gasteiger partial charge in [-0.25, -0.2) is 4.39 Å². The van der Waals surface area contributed by atoms with Gasteiger partial charge in [0.05, 0.1) is 13.2 Å². The second-order valence-corrected chi connectivity index (χ2v) is 4.43. The minimum atomic E-state index is -0.350. The van der Waals surface area contributed by atoms with Crippen LogP contribution in [0.3, 0.4) is 0 Å². The summed E-state index contributed by atoms with van der Waals surface area (Å²) in [6.07, 6.45) is 0.249. The minimum Gasteiger partial charge on any atom is -0.494 e. The molecular weight excluding hydrogens is 271 g/mol. The molecule has 0 aliphatic rings. The molecule has 3 nitrogen and oxygen atoms in total. The lowest BCUT2D eigenvalue weighted by molar-refractivity contribution is 0.0962. The first-order valence-electron chi connectivity index (χ1n) is 6.83. The Bertz CT molecular complexity index is 576. The van der Waals surface area contributed by atoms with Crippen LogP contribution in [0.15, 0.2) is 48.5 Å². The Kier molecular flexibility index (Phi) is 5.32. The third kappa shape index (κ3) is 4.60. The topological polar surface area (TPSA) is 35.5 Å². The van der Waals surface area contributed by atoms with Crippen molar-refractivity contribution in [3.63, 3.8) is 0 Å². The normalized spacial score (nSPS) is 10.2. The third-order valence-electron chi connectivity index (χ3n) is 2.90. The Labute approximate surface area is 123 Å². The third-order valence-corrected chi connectivity index (χ3v) is 2.90. The Balaban J connectivity index is 1.80. The van der Waals surface area contributed by atoms with Crippen molar-refractivity contribution in [2.24, 2.45) is 0 Å². The molecule has 21 heavy (non-hydrogen) atoms. The number of carbonyl (C=O) groups excluding carboxylic acids is 1. The summed E-state index contributed by atoms with van der Waals surface area (Å²) in [7, 11) is 0. The van der Waals surface area contributed by atoms with E-state index in [4.69, 9.17) is 9.47 Å². The Morgan fingerprint density at radius 1 is 0.952 bits per heavy atom. The van der Waals surface area contributed by atoms with Gasteiger partial charge in [-0.05, 0) is 55.5 Å². The lowest BCUT2D eigenvalue weighted by Gasteiger charge is -2.07. The van der Waals surface area contributed by atoms with Gasteiger partial charge < -0.3 is 9.47 Å². The molecule has 4 heteroatoms. The van der Waals surface area contributed by atoms with E-state index in [-0.39, 0.29) is 24.6 Å². The molecule has 2 aromatic carbocycles. The van der Waals surface area contributed by atoms with Gasteiger partial charge in [-0.15, -0.1) is 0 Å². The van der Waals surface area contributed by atoms with Crippen molar-refractivity contribution in [1.29, 1.82) is 0 Å². The van der Waals surface area contributed by atoms with Gasteiger partial charge in [0.15, 0.2) is 5.78 Å². The van der Waals surface area contributed by atoms with E-state index in [1.807, 2.05) is 19.1 Å². The van der Waals surface area contributed by atoms with Crippen molar-refractivity contribution in [1.82, 2.24) is 0 Å². The highest BCUT2D eigenvalue weighted by atomic mass is 19.1. The zero-order valence-corrected chi connectivity index (χ0v) is 11.8. The predicted molar refractivity (Wildman–Crippen MR) is 78.5 cm³/mol. The molecule has 0 saturated carbocycles. The summed E-state index contributed by atoms with van der Waals surface area (Å²) in [4.78, 5) is 11.9. The van der Waals surface area contributed by atoms with Crippen LogP contribution in [-0.2, 0) is 0 Å². The second-order valence-electron chi connectivity index (χ2n) is 4.43. The van der Waals surface area contributed by atoms with Crippen LogP contribution in [0.25, 0.3) is 0 Å². The van der Waals surface area contributed by atoms with Crippen molar-refractivity contribution in [2.75, 3.05) is 13.2 Å². The first-order chi connectivity index (χ1) is 10.2. The number of rotatable bonds is 7. The zero-order valence-electron chi connectivity index (χ0n) is 11.8. The molecule has 0 atom stereocenters. The van der Waals surface area contributed by atoms with E-state index in [1.54, 1.807) is 12.1 Å². The van der Waals surface area contributed by atoms with Crippen LogP contribution in [0.5, 0.6) is 11.5 Å². The molecule has 0 unspecified atom stereocenters. The minimum absolute atomic E-state index is 0.0686. The summed E-state index contributed by atoms with van der Waals surface area (Å²) in [5.74, 6) is 1.05. The number of ketones is 1. The molecule has 0 spiro atoms. The summed E-state index contributed by atoms with van der Waals surface area (Å²) in [5, 5.41) is 0. The van der Waals surface area contributed by atoms with E-state index in [9.17, 15) is 9.18 Å². The molecule has 0 N–H and O–H groups in total. The number of hydrogen-bond donors (Lipinski definition) is 0. The zero-order chi connectivity index (χ0) is 15.1. The van der Waals surface area contributed by atoms with Gasteiger partial charge in [-0.1, -0.05) is 0 Å². The van der Waals surface area contributed by atoms with E-state index < -0.39 is 0 Å². The van der Waals surface area contributed by atoms with Gasteiger partial charge in [0.1, 0.15) is 17.3 Å². The van der Waals surface area contributed by atoms with Gasteiger partial charge in [0.2, 0.25) is 0 Å². The van der Waals surface area contributed by atoms with Gasteiger partial charge in [0, 0.05) is 12.0 Å². The predicted octanol–water partition coefficient (Wildman–Crippen LogP) is 3.88. The van der Waals surface area contributed by atoms with Crippen LogP contribution in [0.4, 0.5) is 4.39 Å². The summed E-state index contributed by atoms with van der Waals surface area (Å²) < 4.78 is 23.6. The van der Waals surface area contributed by atoms with Gasteiger partial charge in [-0.2, -0.15) is 0 Å². The molecule has 0 amide bonds. The molecule has 0 heterocycles. The molecule has 0 aliphatic carbocycles. The fourth-order valence-electron chi connectivity index (χ4n) is 1.84. The smallest absolute Gasteiger partial charge is 0.166 e. The van der Waals surface area contributed by atoms with Crippen LogP contribution in [0.1, 0.15) is 23.7 Å². The van der Waals surface area contributed by atoms with Gasteiger partial charge in [0.25, 0.3) is 0 Å². The van der Waals surface area contributed by atoms with Crippen LogP contribution < -0.4 is 9.47 Å². The number of halogens is 1. The number of ether oxygens (including phenoxy) is 2. The number of hydrogen-bond acceptors (Lipinski definition) is 3. The Morgan fingerprint density at radius 3 is 2.10 bits per heavy atom. The summed E-state index contributed by atoms with van der Waals surface area (Å²) in [6, 6.07) is 12.8. The average molecular weight is 288 g/mol. The number of Topliss-reactive ketones (excluding diaryl/α,β-unsaturated/α-hetero) is 1. The first kappa shape index (κ1) is 15.0. The molecule has 0 saturated heterocycles.